The Bertz CT molecular complexity index is 1240. The van der Waals surface area contributed by atoms with Crippen LogP contribution < -0.4 is 0 Å². The molecule has 0 atom stereocenters. The highest BCUT2D eigenvalue weighted by atomic mass is 15.3. The molecule has 0 aliphatic carbocycles. The van der Waals surface area contributed by atoms with Gasteiger partial charge in [0.15, 0.2) is 11.3 Å². The van der Waals surface area contributed by atoms with E-state index in [1.54, 1.807) is 0 Å². The number of fused-ring (bicyclic) bond motifs is 2. The van der Waals surface area contributed by atoms with Crippen LogP contribution in [0.3, 0.4) is 0 Å². The van der Waals surface area contributed by atoms with Crippen molar-refractivity contribution >= 4 is 11.3 Å². The molecule has 0 fully saturated rings. The molecule has 0 N–H and O–H groups in total. The summed E-state index contributed by atoms with van der Waals surface area (Å²) in [5.41, 5.74) is 10.2. The molecule has 158 valence electrons. The molecule has 4 rings (SSSR count). The van der Waals surface area contributed by atoms with Crippen molar-refractivity contribution in [3.63, 3.8) is 0 Å². The van der Waals surface area contributed by atoms with Gasteiger partial charge >= 0.3 is 0 Å². The molecule has 0 aliphatic rings. The minimum Gasteiger partial charge on any atom is -0.231 e. The molecule has 4 aromatic heterocycles. The van der Waals surface area contributed by atoms with Gasteiger partial charge in [-0.3, -0.25) is 0 Å². The Labute approximate surface area is 178 Å². The molecular weight excluding hydrogens is 372 g/mol. The summed E-state index contributed by atoms with van der Waals surface area (Å²) < 4.78 is 4.02. The third kappa shape index (κ3) is 3.09. The maximum absolute atomic E-state index is 4.99. The van der Waals surface area contributed by atoms with Crippen LogP contribution in [0.25, 0.3) is 22.7 Å². The van der Waals surface area contributed by atoms with E-state index in [1.165, 1.54) is 11.1 Å². The Hall–Kier alpha value is -2.76. The number of hydrogen-bond acceptors (Lipinski definition) is 4. The number of aryl methyl sites for hydroxylation is 4. The quantitative estimate of drug-likeness (QED) is 0.428. The summed E-state index contributed by atoms with van der Waals surface area (Å²) >= 11 is 0. The summed E-state index contributed by atoms with van der Waals surface area (Å²) in [4.78, 5) is 9.91. The topological polar surface area (TPSA) is 60.4 Å². The fraction of sp³-hybridized carbons (Fsp3) is 0.500. The van der Waals surface area contributed by atoms with E-state index in [9.17, 15) is 0 Å². The predicted octanol–water partition coefficient (Wildman–Crippen LogP) is 5.70. The molecule has 4 heterocycles. The first-order chi connectivity index (χ1) is 14.3. The van der Waals surface area contributed by atoms with Gasteiger partial charge in [0.2, 0.25) is 0 Å². The van der Waals surface area contributed by atoms with Gasteiger partial charge in [-0.25, -0.2) is 19.0 Å². The molecule has 6 heteroatoms. The highest BCUT2D eigenvalue weighted by Crippen LogP contribution is 2.34. The predicted molar refractivity (Wildman–Crippen MR) is 121 cm³/mol. The maximum Gasteiger partial charge on any atom is 0.158 e. The van der Waals surface area contributed by atoms with E-state index in [0.29, 0.717) is 11.8 Å². The summed E-state index contributed by atoms with van der Waals surface area (Å²) in [6, 6.07) is 4.34. The molecule has 30 heavy (non-hydrogen) atoms. The molecule has 0 amide bonds. The lowest BCUT2D eigenvalue weighted by Gasteiger charge is -2.15. The lowest BCUT2D eigenvalue weighted by molar-refractivity contribution is 0.638. The van der Waals surface area contributed by atoms with E-state index in [0.717, 1.165) is 58.3 Å². The van der Waals surface area contributed by atoms with Crippen molar-refractivity contribution in [2.75, 3.05) is 0 Å². The van der Waals surface area contributed by atoms with Crippen LogP contribution in [0.1, 0.15) is 86.3 Å². The largest absolute Gasteiger partial charge is 0.231 e. The monoisotopic (exact) mass is 404 g/mol. The van der Waals surface area contributed by atoms with Crippen molar-refractivity contribution in [1.82, 2.24) is 29.2 Å². The number of aromatic nitrogens is 6. The van der Waals surface area contributed by atoms with Crippen molar-refractivity contribution in [3.8, 4) is 11.4 Å². The van der Waals surface area contributed by atoms with Crippen LogP contribution in [0.5, 0.6) is 0 Å². The first-order valence-electron chi connectivity index (χ1n) is 11.0. The summed E-state index contributed by atoms with van der Waals surface area (Å²) in [7, 11) is 0. The number of hydrogen-bond donors (Lipinski definition) is 0. The van der Waals surface area contributed by atoms with Crippen LogP contribution in [0.4, 0.5) is 0 Å². The number of nitrogens with zero attached hydrogens (tertiary/aromatic N) is 6. The lowest BCUT2D eigenvalue weighted by Crippen LogP contribution is -2.07. The molecule has 0 aliphatic heterocycles. The molecule has 0 radical (unpaired) electrons. The first-order valence-corrected chi connectivity index (χ1v) is 11.0. The van der Waals surface area contributed by atoms with E-state index in [1.807, 2.05) is 16.0 Å². The smallest absolute Gasteiger partial charge is 0.158 e. The van der Waals surface area contributed by atoms with Gasteiger partial charge in [0.25, 0.3) is 0 Å². The summed E-state index contributed by atoms with van der Waals surface area (Å²) in [6.07, 6.45) is 2.17. The summed E-state index contributed by atoms with van der Waals surface area (Å²) in [5, 5.41) is 9.72. The van der Waals surface area contributed by atoms with Gasteiger partial charge in [-0.2, -0.15) is 10.2 Å². The van der Waals surface area contributed by atoms with Gasteiger partial charge in [-0.1, -0.05) is 27.7 Å². The first kappa shape index (κ1) is 20.5. The van der Waals surface area contributed by atoms with Gasteiger partial charge in [-0.15, -0.1) is 0 Å². The van der Waals surface area contributed by atoms with Gasteiger partial charge in [-0.05, 0) is 64.5 Å². The maximum atomic E-state index is 4.99. The van der Waals surface area contributed by atoms with Crippen LogP contribution >= 0.6 is 0 Å². The van der Waals surface area contributed by atoms with Crippen molar-refractivity contribution in [1.29, 1.82) is 0 Å². The molecule has 4 aromatic rings. The van der Waals surface area contributed by atoms with Crippen molar-refractivity contribution in [2.45, 2.75) is 80.1 Å². The molecule has 0 saturated carbocycles. The normalized spacial score (nSPS) is 12.2. The van der Waals surface area contributed by atoms with E-state index in [2.05, 4.69) is 60.6 Å². The molecule has 6 nitrogen and oxygen atoms in total. The Morgan fingerprint density at radius 1 is 0.733 bits per heavy atom. The highest BCUT2D eigenvalue weighted by Gasteiger charge is 2.25. The van der Waals surface area contributed by atoms with E-state index < -0.39 is 0 Å². The summed E-state index contributed by atoms with van der Waals surface area (Å²) in [5.74, 6) is 0.842. The zero-order chi connectivity index (χ0) is 21.7. The second-order valence-corrected chi connectivity index (χ2v) is 8.71. The Morgan fingerprint density at radius 2 is 1.17 bits per heavy atom. The Morgan fingerprint density at radius 3 is 1.60 bits per heavy atom. The summed E-state index contributed by atoms with van der Waals surface area (Å²) in [6.45, 7) is 17.1. The molecular formula is C24H32N6. The van der Waals surface area contributed by atoms with Crippen LogP contribution in [0.15, 0.2) is 12.1 Å². The van der Waals surface area contributed by atoms with E-state index in [-0.39, 0.29) is 0 Å². The average Bonchev–Trinajstić information content (AvgIpc) is 3.17. The highest BCUT2D eigenvalue weighted by molar-refractivity contribution is 5.71. The van der Waals surface area contributed by atoms with Gasteiger partial charge in [0, 0.05) is 11.1 Å². The second kappa shape index (κ2) is 7.49. The molecule has 0 saturated heterocycles. The van der Waals surface area contributed by atoms with Crippen molar-refractivity contribution < 1.29 is 0 Å². The van der Waals surface area contributed by atoms with Gasteiger partial charge in [0.05, 0.1) is 22.8 Å². The number of rotatable bonds is 5. The second-order valence-electron chi connectivity index (χ2n) is 8.71. The fourth-order valence-corrected chi connectivity index (χ4v) is 4.55. The van der Waals surface area contributed by atoms with Crippen LogP contribution in [0, 0.1) is 27.7 Å². The minimum absolute atomic E-state index is 0.369. The van der Waals surface area contributed by atoms with E-state index >= 15 is 0 Å². The van der Waals surface area contributed by atoms with Gasteiger partial charge < -0.3 is 0 Å². The average molecular weight is 405 g/mol. The minimum atomic E-state index is 0.369. The third-order valence-corrected chi connectivity index (χ3v) is 6.09. The van der Waals surface area contributed by atoms with Crippen molar-refractivity contribution in [3.05, 3.63) is 46.0 Å². The van der Waals surface area contributed by atoms with E-state index in [4.69, 9.17) is 20.2 Å². The van der Waals surface area contributed by atoms with Crippen LogP contribution in [0.2, 0.25) is 0 Å². The molecule has 0 unspecified atom stereocenters. The van der Waals surface area contributed by atoms with Crippen molar-refractivity contribution in [2.24, 2.45) is 0 Å². The zero-order valence-corrected chi connectivity index (χ0v) is 19.4. The van der Waals surface area contributed by atoms with Gasteiger partial charge in [0.1, 0.15) is 11.4 Å². The van der Waals surface area contributed by atoms with Crippen LogP contribution in [-0.2, 0) is 0 Å². The SMILES string of the molecule is CCC(CC)c1cc(C)nn2c(-c3c(C)nc4c(C(C)C)cc(C)nn34)c(C)nc12. The Balaban J connectivity index is 2.09. The standard InChI is InChI=1S/C24H32N6/c1-9-18(10-2)20-12-15(6)28-30-22(17(8)26-24(20)30)21-16(7)25-23-19(13(3)4)11-14(5)27-29(21)23/h11-13,18H,9-10H2,1-8H3. The Kier molecular flexibility index (Phi) is 5.12. The third-order valence-electron chi connectivity index (χ3n) is 6.09. The molecule has 0 aromatic carbocycles. The zero-order valence-electron chi connectivity index (χ0n) is 19.4. The molecule has 0 bridgehead atoms. The lowest BCUT2D eigenvalue weighted by atomic mass is 9.95. The number of imidazole rings is 2. The van der Waals surface area contributed by atoms with Crippen LogP contribution in [-0.4, -0.2) is 29.2 Å². The fourth-order valence-electron chi connectivity index (χ4n) is 4.55. The molecule has 0 spiro atoms.